The van der Waals surface area contributed by atoms with Crippen molar-refractivity contribution >= 4 is 0 Å². The molecule has 2 N–H and O–H groups in total. The fraction of sp³-hybridized carbons (Fsp3) is 0.818. The molecule has 0 amide bonds. The predicted octanol–water partition coefficient (Wildman–Crippen LogP) is 2.24. The van der Waals surface area contributed by atoms with Gasteiger partial charge in [-0.3, -0.25) is 0 Å². The Kier molecular flexibility index (Phi) is 3.85. The van der Waals surface area contributed by atoms with E-state index in [9.17, 15) is 0 Å². The van der Waals surface area contributed by atoms with E-state index in [1.165, 1.54) is 0 Å². The first-order valence-electron chi connectivity index (χ1n) is 5.66. The van der Waals surface area contributed by atoms with Crippen LogP contribution >= 0.6 is 0 Å². The number of aryl methyl sites for hydroxylation is 1. The highest BCUT2D eigenvalue weighted by molar-refractivity contribution is 5.05. The van der Waals surface area contributed by atoms with Gasteiger partial charge in [0.05, 0.1) is 5.54 Å². The van der Waals surface area contributed by atoms with Crippen LogP contribution in [0.2, 0.25) is 0 Å². The molecule has 0 saturated heterocycles. The standard InChI is InChI=1S/C11H21N3O/c1-5-7-9-13-10(14-15-9)11(12,6-2)8(3)4/h8H,5-7,12H2,1-4H3. The maximum absolute atomic E-state index is 6.29. The third kappa shape index (κ3) is 2.37. The lowest BCUT2D eigenvalue weighted by Gasteiger charge is -2.28. The van der Waals surface area contributed by atoms with Gasteiger partial charge in [0.15, 0.2) is 5.82 Å². The quantitative estimate of drug-likeness (QED) is 0.811. The summed E-state index contributed by atoms with van der Waals surface area (Å²) in [5.41, 5.74) is 5.82. The van der Waals surface area contributed by atoms with Crippen molar-refractivity contribution in [1.82, 2.24) is 10.1 Å². The van der Waals surface area contributed by atoms with Crippen LogP contribution in [0.5, 0.6) is 0 Å². The van der Waals surface area contributed by atoms with Gasteiger partial charge in [-0.25, -0.2) is 0 Å². The third-order valence-corrected chi connectivity index (χ3v) is 2.96. The summed E-state index contributed by atoms with van der Waals surface area (Å²) in [6.07, 6.45) is 2.65. The van der Waals surface area contributed by atoms with Crippen molar-refractivity contribution in [3.8, 4) is 0 Å². The van der Waals surface area contributed by atoms with Crippen LogP contribution in [0.25, 0.3) is 0 Å². The lowest BCUT2D eigenvalue weighted by Crippen LogP contribution is -2.42. The molecule has 0 saturated carbocycles. The third-order valence-electron chi connectivity index (χ3n) is 2.96. The molecule has 0 radical (unpaired) electrons. The first-order chi connectivity index (χ1) is 7.04. The van der Waals surface area contributed by atoms with Gasteiger partial charge in [-0.2, -0.15) is 4.98 Å². The van der Waals surface area contributed by atoms with Crippen molar-refractivity contribution in [3.63, 3.8) is 0 Å². The minimum Gasteiger partial charge on any atom is -0.339 e. The molecule has 4 nitrogen and oxygen atoms in total. The fourth-order valence-electron chi connectivity index (χ4n) is 1.58. The van der Waals surface area contributed by atoms with Crippen LogP contribution in [0.3, 0.4) is 0 Å². The Balaban J connectivity index is 2.92. The molecule has 86 valence electrons. The number of hydrogen-bond donors (Lipinski definition) is 1. The van der Waals surface area contributed by atoms with Crippen molar-refractivity contribution in [2.75, 3.05) is 0 Å². The van der Waals surface area contributed by atoms with Crippen LogP contribution in [0.1, 0.15) is 52.3 Å². The van der Waals surface area contributed by atoms with E-state index in [2.05, 4.69) is 37.8 Å². The zero-order chi connectivity index (χ0) is 11.5. The zero-order valence-electron chi connectivity index (χ0n) is 10.1. The maximum atomic E-state index is 6.29. The molecule has 0 aromatic carbocycles. The van der Waals surface area contributed by atoms with Crippen LogP contribution in [-0.2, 0) is 12.0 Å². The molecular formula is C11H21N3O. The summed E-state index contributed by atoms with van der Waals surface area (Å²) < 4.78 is 5.16. The highest BCUT2D eigenvalue weighted by Gasteiger charge is 2.34. The summed E-state index contributed by atoms with van der Waals surface area (Å²) >= 11 is 0. The second-order valence-electron chi connectivity index (χ2n) is 4.31. The van der Waals surface area contributed by atoms with E-state index in [1.54, 1.807) is 0 Å². The predicted molar refractivity (Wildman–Crippen MR) is 59.3 cm³/mol. The molecule has 1 rings (SSSR count). The van der Waals surface area contributed by atoms with E-state index in [1.807, 2.05) is 0 Å². The SMILES string of the molecule is CCCc1nc(C(N)(CC)C(C)C)no1. The number of aromatic nitrogens is 2. The van der Waals surface area contributed by atoms with Crippen LogP contribution in [0, 0.1) is 5.92 Å². The van der Waals surface area contributed by atoms with Crippen molar-refractivity contribution in [1.29, 1.82) is 0 Å². The lowest BCUT2D eigenvalue weighted by molar-refractivity contribution is 0.272. The zero-order valence-corrected chi connectivity index (χ0v) is 10.1. The first-order valence-corrected chi connectivity index (χ1v) is 5.66. The fourth-order valence-corrected chi connectivity index (χ4v) is 1.58. The average Bonchev–Trinajstić information content (AvgIpc) is 2.66. The van der Waals surface area contributed by atoms with Gasteiger partial charge in [-0.15, -0.1) is 0 Å². The smallest absolute Gasteiger partial charge is 0.226 e. The Morgan fingerprint density at radius 2 is 2.07 bits per heavy atom. The molecule has 1 atom stereocenters. The van der Waals surface area contributed by atoms with Gasteiger partial charge in [-0.1, -0.05) is 32.9 Å². The first kappa shape index (κ1) is 12.2. The van der Waals surface area contributed by atoms with Crippen LogP contribution in [0.15, 0.2) is 4.52 Å². The van der Waals surface area contributed by atoms with Gasteiger partial charge < -0.3 is 10.3 Å². The van der Waals surface area contributed by atoms with Gasteiger partial charge in [0.1, 0.15) is 0 Å². The van der Waals surface area contributed by atoms with Gasteiger partial charge in [0, 0.05) is 6.42 Å². The number of nitrogens with zero attached hydrogens (tertiary/aromatic N) is 2. The molecule has 15 heavy (non-hydrogen) atoms. The monoisotopic (exact) mass is 211 g/mol. The number of rotatable bonds is 5. The molecule has 0 bridgehead atoms. The van der Waals surface area contributed by atoms with Gasteiger partial charge in [-0.05, 0) is 18.8 Å². The number of nitrogens with two attached hydrogens (primary N) is 1. The molecule has 0 aliphatic heterocycles. The Bertz CT molecular complexity index is 309. The summed E-state index contributed by atoms with van der Waals surface area (Å²) in [5.74, 6) is 1.63. The van der Waals surface area contributed by atoms with Crippen LogP contribution < -0.4 is 5.73 Å². The van der Waals surface area contributed by atoms with E-state index in [0.29, 0.717) is 17.6 Å². The Labute approximate surface area is 91.2 Å². The van der Waals surface area contributed by atoms with Gasteiger partial charge in [0.25, 0.3) is 0 Å². The Hall–Kier alpha value is -0.900. The molecule has 1 unspecified atom stereocenters. The van der Waals surface area contributed by atoms with Crippen molar-refractivity contribution in [2.24, 2.45) is 11.7 Å². The van der Waals surface area contributed by atoms with E-state index in [4.69, 9.17) is 10.3 Å². The summed E-state index contributed by atoms with van der Waals surface area (Å²) in [6.45, 7) is 8.30. The van der Waals surface area contributed by atoms with E-state index in [0.717, 1.165) is 19.3 Å². The molecule has 0 aliphatic rings. The topological polar surface area (TPSA) is 64.9 Å². The summed E-state index contributed by atoms with van der Waals surface area (Å²) in [4.78, 5) is 4.36. The Morgan fingerprint density at radius 1 is 1.40 bits per heavy atom. The Morgan fingerprint density at radius 3 is 2.53 bits per heavy atom. The van der Waals surface area contributed by atoms with E-state index in [-0.39, 0.29) is 0 Å². The van der Waals surface area contributed by atoms with Crippen LogP contribution in [-0.4, -0.2) is 10.1 Å². The highest BCUT2D eigenvalue weighted by Crippen LogP contribution is 2.27. The van der Waals surface area contributed by atoms with Crippen molar-refractivity contribution in [3.05, 3.63) is 11.7 Å². The molecule has 0 fully saturated rings. The molecule has 1 aromatic heterocycles. The second-order valence-corrected chi connectivity index (χ2v) is 4.31. The molecule has 0 spiro atoms. The average molecular weight is 211 g/mol. The van der Waals surface area contributed by atoms with Crippen molar-refractivity contribution < 1.29 is 4.52 Å². The maximum Gasteiger partial charge on any atom is 0.226 e. The van der Waals surface area contributed by atoms with Crippen LogP contribution in [0.4, 0.5) is 0 Å². The van der Waals surface area contributed by atoms with E-state index < -0.39 is 5.54 Å². The van der Waals surface area contributed by atoms with E-state index >= 15 is 0 Å². The summed E-state index contributed by atoms with van der Waals surface area (Å²) in [5, 5.41) is 3.99. The molecular weight excluding hydrogens is 190 g/mol. The highest BCUT2D eigenvalue weighted by atomic mass is 16.5. The van der Waals surface area contributed by atoms with Gasteiger partial charge in [0.2, 0.25) is 5.89 Å². The molecule has 4 heteroatoms. The normalized spacial score (nSPS) is 15.6. The van der Waals surface area contributed by atoms with Crippen molar-refractivity contribution in [2.45, 2.75) is 52.5 Å². The van der Waals surface area contributed by atoms with Gasteiger partial charge >= 0.3 is 0 Å². The largest absolute Gasteiger partial charge is 0.339 e. The summed E-state index contributed by atoms with van der Waals surface area (Å²) in [6, 6.07) is 0. The lowest BCUT2D eigenvalue weighted by atomic mass is 9.84. The molecule has 1 aromatic rings. The molecule has 0 aliphatic carbocycles. The number of hydrogen-bond acceptors (Lipinski definition) is 4. The minimum atomic E-state index is -0.463. The second kappa shape index (κ2) is 4.75. The minimum absolute atomic E-state index is 0.301. The summed E-state index contributed by atoms with van der Waals surface area (Å²) in [7, 11) is 0. The molecule has 1 heterocycles.